The normalized spacial score (nSPS) is 25.9. The van der Waals surface area contributed by atoms with E-state index in [9.17, 15) is 9.18 Å². The van der Waals surface area contributed by atoms with Crippen molar-refractivity contribution in [2.45, 2.75) is 70.1 Å². The summed E-state index contributed by atoms with van der Waals surface area (Å²) in [6.45, 7) is 2.78. The number of rotatable bonds is 7. The third-order valence-electron chi connectivity index (χ3n) is 6.21. The molecule has 28 heavy (non-hydrogen) atoms. The third kappa shape index (κ3) is 4.05. The third-order valence-corrected chi connectivity index (χ3v) is 6.21. The van der Waals surface area contributed by atoms with Gasteiger partial charge < -0.3 is 4.74 Å². The first-order chi connectivity index (χ1) is 13.5. The highest BCUT2D eigenvalue weighted by atomic mass is 19.1. The Morgan fingerprint density at radius 1 is 1.18 bits per heavy atom. The molecule has 2 bridgehead atoms. The molecule has 4 rings (SSSR count). The Bertz CT molecular complexity index is 836. The summed E-state index contributed by atoms with van der Waals surface area (Å²) in [6.07, 6.45) is 3.26. The van der Waals surface area contributed by atoms with Gasteiger partial charge in [-0.25, -0.2) is 13.9 Å². The van der Waals surface area contributed by atoms with Gasteiger partial charge in [0.15, 0.2) is 0 Å². The highest BCUT2D eigenvalue weighted by Crippen LogP contribution is 2.37. The molecule has 2 aliphatic heterocycles. The number of hydrogen-bond donors (Lipinski definition) is 0. The standard InChI is InChI=1S/C21H29FN4O2/c1-15-23-26(21(27)24(15)2)13-17(22)12-25-18-8-9-19(25)11-20(10-18)28-14-16-6-4-3-5-7-16/h3-7,17-20H,8-14H2,1-2H3/t17-,18?,19?,20?/m1/s1. The van der Waals surface area contributed by atoms with E-state index in [1.165, 1.54) is 14.8 Å². The second kappa shape index (κ2) is 8.17. The first-order valence-electron chi connectivity index (χ1n) is 10.2. The van der Waals surface area contributed by atoms with E-state index in [2.05, 4.69) is 22.1 Å². The van der Waals surface area contributed by atoms with Gasteiger partial charge in [-0.15, -0.1) is 0 Å². The lowest BCUT2D eigenvalue weighted by Crippen LogP contribution is -2.48. The van der Waals surface area contributed by atoms with Crippen LogP contribution in [-0.4, -0.2) is 50.2 Å². The number of hydrogen-bond acceptors (Lipinski definition) is 4. The van der Waals surface area contributed by atoms with E-state index in [1.807, 2.05) is 18.2 Å². The predicted octanol–water partition coefficient (Wildman–Crippen LogP) is 2.44. The molecule has 2 aromatic rings. The fourth-order valence-corrected chi connectivity index (χ4v) is 4.64. The summed E-state index contributed by atoms with van der Waals surface area (Å²) in [4.78, 5) is 14.4. The number of aryl methyl sites for hydroxylation is 1. The van der Waals surface area contributed by atoms with Crippen LogP contribution >= 0.6 is 0 Å². The molecule has 2 saturated heterocycles. The smallest absolute Gasteiger partial charge is 0.345 e. The number of halogens is 1. The summed E-state index contributed by atoms with van der Waals surface area (Å²) < 4.78 is 23.6. The molecule has 0 spiro atoms. The van der Waals surface area contributed by atoms with E-state index in [4.69, 9.17) is 4.74 Å². The molecule has 3 atom stereocenters. The molecule has 1 aromatic heterocycles. The van der Waals surface area contributed by atoms with Crippen molar-refractivity contribution in [1.29, 1.82) is 0 Å². The topological polar surface area (TPSA) is 52.3 Å². The van der Waals surface area contributed by atoms with E-state index in [0.29, 0.717) is 31.1 Å². The van der Waals surface area contributed by atoms with Gasteiger partial charge in [0, 0.05) is 25.7 Å². The molecule has 152 valence electrons. The zero-order valence-electron chi connectivity index (χ0n) is 16.6. The molecule has 0 aliphatic carbocycles. The number of fused-ring (bicyclic) bond motifs is 2. The molecule has 2 aliphatic rings. The van der Waals surface area contributed by atoms with Crippen molar-refractivity contribution in [2.24, 2.45) is 7.05 Å². The van der Waals surface area contributed by atoms with Gasteiger partial charge in [-0.05, 0) is 38.2 Å². The van der Waals surface area contributed by atoms with Crippen LogP contribution in [0.5, 0.6) is 0 Å². The van der Waals surface area contributed by atoms with Crippen LogP contribution in [0.4, 0.5) is 4.39 Å². The Balaban J connectivity index is 1.31. The first-order valence-corrected chi connectivity index (χ1v) is 10.2. The number of alkyl halides is 1. The van der Waals surface area contributed by atoms with E-state index in [-0.39, 0.29) is 18.3 Å². The summed E-state index contributed by atoms with van der Waals surface area (Å²) in [7, 11) is 1.66. The number of benzene rings is 1. The number of piperidine rings is 1. The van der Waals surface area contributed by atoms with Crippen LogP contribution in [0.1, 0.15) is 37.1 Å². The molecule has 0 amide bonds. The molecule has 2 unspecified atom stereocenters. The van der Waals surface area contributed by atoms with Crippen LogP contribution in [0.25, 0.3) is 0 Å². The van der Waals surface area contributed by atoms with Gasteiger partial charge in [0.05, 0.1) is 19.3 Å². The molecule has 7 heteroatoms. The second-order valence-corrected chi connectivity index (χ2v) is 8.14. The maximum absolute atomic E-state index is 14.8. The summed E-state index contributed by atoms with van der Waals surface area (Å²) in [5.41, 5.74) is 0.938. The van der Waals surface area contributed by atoms with E-state index in [1.54, 1.807) is 14.0 Å². The second-order valence-electron chi connectivity index (χ2n) is 8.14. The van der Waals surface area contributed by atoms with E-state index in [0.717, 1.165) is 25.7 Å². The lowest BCUT2D eigenvalue weighted by atomic mass is 9.99. The lowest BCUT2D eigenvalue weighted by Gasteiger charge is -2.39. The van der Waals surface area contributed by atoms with Gasteiger partial charge in [0.1, 0.15) is 12.0 Å². The van der Waals surface area contributed by atoms with Gasteiger partial charge in [0.25, 0.3) is 0 Å². The van der Waals surface area contributed by atoms with Crippen molar-refractivity contribution in [1.82, 2.24) is 19.2 Å². The predicted molar refractivity (Wildman–Crippen MR) is 105 cm³/mol. The van der Waals surface area contributed by atoms with Crippen LogP contribution in [0.3, 0.4) is 0 Å². The summed E-state index contributed by atoms with van der Waals surface area (Å²) in [5.74, 6) is 0.605. The largest absolute Gasteiger partial charge is 0.373 e. The number of ether oxygens (including phenoxy) is 1. The zero-order chi connectivity index (χ0) is 19.7. The van der Waals surface area contributed by atoms with Crippen LogP contribution in [-0.2, 0) is 24.9 Å². The molecular weight excluding hydrogens is 359 g/mol. The van der Waals surface area contributed by atoms with Crippen molar-refractivity contribution in [3.8, 4) is 0 Å². The van der Waals surface area contributed by atoms with Gasteiger partial charge >= 0.3 is 5.69 Å². The Hall–Kier alpha value is -1.99. The average molecular weight is 388 g/mol. The van der Waals surface area contributed by atoms with Gasteiger partial charge in [-0.2, -0.15) is 5.10 Å². The van der Waals surface area contributed by atoms with Gasteiger partial charge in [-0.1, -0.05) is 30.3 Å². The number of nitrogens with zero attached hydrogens (tertiary/aromatic N) is 4. The van der Waals surface area contributed by atoms with Crippen molar-refractivity contribution in [2.75, 3.05) is 6.54 Å². The van der Waals surface area contributed by atoms with Crippen molar-refractivity contribution in [3.63, 3.8) is 0 Å². The average Bonchev–Trinajstić information content (AvgIpc) is 3.06. The molecule has 3 heterocycles. The Labute approximate surface area is 164 Å². The minimum atomic E-state index is -1.10. The summed E-state index contributed by atoms with van der Waals surface area (Å²) in [6, 6.07) is 11.0. The summed E-state index contributed by atoms with van der Waals surface area (Å²) in [5, 5.41) is 4.15. The Kier molecular flexibility index (Phi) is 5.64. The van der Waals surface area contributed by atoms with Crippen molar-refractivity contribution in [3.05, 3.63) is 52.2 Å². The van der Waals surface area contributed by atoms with Gasteiger partial charge in [0.2, 0.25) is 0 Å². The Morgan fingerprint density at radius 2 is 1.86 bits per heavy atom. The first kappa shape index (κ1) is 19.3. The molecule has 0 N–H and O–H groups in total. The molecule has 0 radical (unpaired) electrons. The highest BCUT2D eigenvalue weighted by molar-refractivity contribution is 5.13. The molecule has 6 nitrogen and oxygen atoms in total. The van der Waals surface area contributed by atoms with E-state index < -0.39 is 6.17 Å². The molecule has 1 aromatic carbocycles. The van der Waals surface area contributed by atoms with Crippen molar-refractivity contribution < 1.29 is 9.13 Å². The van der Waals surface area contributed by atoms with E-state index >= 15 is 0 Å². The van der Waals surface area contributed by atoms with Crippen LogP contribution in [0, 0.1) is 6.92 Å². The van der Waals surface area contributed by atoms with Gasteiger partial charge in [-0.3, -0.25) is 9.47 Å². The zero-order valence-corrected chi connectivity index (χ0v) is 16.6. The molecule has 2 fully saturated rings. The maximum atomic E-state index is 14.8. The van der Waals surface area contributed by atoms with Crippen LogP contribution in [0.2, 0.25) is 0 Å². The number of aromatic nitrogens is 3. The molecular formula is C21H29FN4O2. The minimum Gasteiger partial charge on any atom is -0.373 e. The maximum Gasteiger partial charge on any atom is 0.345 e. The lowest BCUT2D eigenvalue weighted by molar-refractivity contribution is -0.0342. The van der Waals surface area contributed by atoms with Crippen LogP contribution < -0.4 is 5.69 Å². The SMILES string of the molecule is Cc1nn(C[C@H](F)CN2C3CCC2CC(OCc2ccccc2)C3)c(=O)n1C. The Morgan fingerprint density at radius 3 is 2.46 bits per heavy atom. The monoisotopic (exact) mass is 388 g/mol. The molecule has 0 saturated carbocycles. The van der Waals surface area contributed by atoms with Crippen LogP contribution in [0.15, 0.2) is 35.1 Å². The fraction of sp³-hybridized carbons (Fsp3) is 0.619. The minimum absolute atomic E-state index is 0.0182. The highest BCUT2D eigenvalue weighted by Gasteiger charge is 2.41. The summed E-state index contributed by atoms with van der Waals surface area (Å²) >= 11 is 0. The van der Waals surface area contributed by atoms with Crippen molar-refractivity contribution >= 4 is 0 Å². The fourth-order valence-electron chi connectivity index (χ4n) is 4.64. The quantitative estimate of drug-likeness (QED) is 0.731.